The van der Waals surface area contributed by atoms with E-state index in [1.165, 1.54) is 4.68 Å². The Morgan fingerprint density at radius 2 is 2.27 bits per heavy atom. The molecule has 1 N–H and O–H groups in total. The fourth-order valence-electron chi connectivity index (χ4n) is 1.19. The second-order valence-corrected chi connectivity index (χ2v) is 2.90. The van der Waals surface area contributed by atoms with E-state index in [1.54, 1.807) is 31.4 Å². The van der Waals surface area contributed by atoms with Crippen molar-refractivity contribution in [1.82, 2.24) is 19.7 Å². The molecule has 0 bridgehead atoms. The van der Waals surface area contributed by atoms with Crippen molar-refractivity contribution in [3.8, 4) is 11.5 Å². The van der Waals surface area contributed by atoms with E-state index < -0.39 is 5.97 Å². The van der Waals surface area contributed by atoms with Crippen LogP contribution in [0.3, 0.4) is 0 Å². The monoisotopic (exact) mass is 204 g/mol. The molecule has 6 nitrogen and oxygen atoms in total. The Labute approximate surface area is 85.2 Å². The lowest BCUT2D eigenvalue weighted by molar-refractivity contribution is 0.0683. The lowest BCUT2D eigenvalue weighted by Gasteiger charge is -1.96. The molecule has 6 heteroatoms. The van der Waals surface area contributed by atoms with Crippen molar-refractivity contribution in [3.63, 3.8) is 0 Å². The SMILES string of the molecule is Cn1nc(C(=O)O)nc1-c1ccccn1. The molecule has 0 aliphatic rings. The van der Waals surface area contributed by atoms with E-state index >= 15 is 0 Å². The first-order valence-electron chi connectivity index (χ1n) is 4.24. The number of aromatic nitrogens is 4. The van der Waals surface area contributed by atoms with Crippen LogP contribution in [0.2, 0.25) is 0 Å². The Kier molecular flexibility index (Phi) is 2.17. The quantitative estimate of drug-likeness (QED) is 0.773. The smallest absolute Gasteiger partial charge is 0.375 e. The molecular formula is C9H8N4O2. The van der Waals surface area contributed by atoms with Crippen molar-refractivity contribution in [1.29, 1.82) is 0 Å². The standard InChI is InChI=1S/C9H8N4O2/c1-13-8(6-4-2-3-5-10-6)11-7(12-13)9(14)15/h2-5H,1H3,(H,14,15). The van der Waals surface area contributed by atoms with Gasteiger partial charge in [0, 0.05) is 13.2 Å². The van der Waals surface area contributed by atoms with Crippen LogP contribution < -0.4 is 0 Å². The first-order chi connectivity index (χ1) is 7.18. The summed E-state index contributed by atoms with van der Waals surface area (Å²) in [4.78, 5) is 18.6. The minimum atomic E-state index is -1.15. The number of aryl methyl sites for hydroxylation is 1. The summed E-state index contributed by atoms with van der Waals surface area (Å²) in [6.07, 6.45) is 1.62. The third-order valence-corrected chi connectivity index (χ3v) is 1.85. The third kappa shape index (κ3) is 1.69. The first kappa shape index (κ1) is 9.32. The Balaban J connectivity index is 2.50. The number of pyridine rings is 1. The average molecular weight is 204 g/mol. The van der Waals surface area contributed by atoms with E-state index in [0.29, 0.717) is 11.5 Å². The molecule has 0 unspecified atom stereocenters. The molecule has 2 aromatic heterocycles. The van der Waals surface area contributed by atoms with E-state index in [0.717, 1.165) is 0 Å². The van der Waals surface area contributed by atoms with Crippen molar-refractivity contribution in [2.24, 2.45) is 7.05 Å². The van der Waals surface area contributed by atoms with Gasteiger partial charge in [-0.1, -0.05) is 6.07 Å². The van der Waals surface area contributed by atoms with Gasteiger partial charge < -0.3 is 5.11 Å². The van der Waals surface area contributed by atoms with Gasteiger partial charge in [0.1, 0.15) is 5.69 Å². The summed E-state index contributed by atoms with van der Waals surface area (Å²) in [6, 6.07) is 5.32. The molecule has 2 heterocycles. The molecule has 2 rings (SSSR count). The van der Waals surface area contributed by atoms with Gasteiger partial charge in [-0.25, -0.2) is 9.48 Å². The van der Waals surface area contributed by atoms with Gasteiger partial charge in [-0.2, -0.15) is 4.98 Å². The van der Waals surface area contributed by atoms with Crippen LogP contribution in [0.4, 0.5) is 0 Å². The second kappa shape index (κ2) is 3.49. The van der Waals surface area contributed by atoms with Crippen LogP contribution in [0.25, 0.3) is 11.5 Å². The first-order valence-corrected chi connectivity index (χ1v) is 4.24. The van der Waals surface area contributed by atoms with Gasteiger partial charge in [0.05, 0.1) is 0 Å². The van der Waals surface area contributed by atoms with E-state index in [9.17, 15) is 4.79 Å². The summed E-state index contributed by atoms with van der Waals surface area (Å²) in [6.45, 7) is 0. The van der Waals surface area contributed by atoms with E-state index in [4.69, 9.17) is 5.11 Å². The molecule has 0 atom stereocenters. The summed E-state index contributed by atoms with van der Waals surface area (Å²) in [5.41, 5.74) is 0.597. The van der Waals surface area contributed by atoms with Gasteiger partial charge in [0.2, 0.25) is 0 Å². The van der Waals surface area contributed by atoms with E-state index in [1.807, 2.05) is 0 Å². The van der Waals surface area contributed by atoms with Crippen LogP contribution in [-0.2, 0) is 7.05 Å². The topological polar surface area (TPSA) is 80.9 Å². The molecule has 15 heavy (non-hydrogen) atoms. The molecule has 0 fully saturated rings. The minimum Gasteiger partial charge on any atom is -0.475 e. The molecule has 0 aliphatic carbocycles. The van der Waals surface area contributed by atoms with Gasteiger partial charge in [0.25, 0.3) is 5.82 Å². The zero-order valence-electron chi connectivity index (χ0n) is 7.95. The van der Waals surface area contributed by atoms with Crippen LogP contribution in [0.1, 0.15) is 10.6 Å². The highest BCUT2D eigenvalue weighted by Gasteiger charge is 2.14. The second-order valence-electron chi connectivity index (χ2n) is 2.90. The summed E-state index contributed by atoms with van der Waals surface area (Å²) >= 11 is 0. The lowest BCUT2D eigenvalue weighted by Crippen LogP contribution is -2.00. The minimum absolute atomic E-state index is 0.224. The molecule has 0 amide bonds. The molecule has 0 spiro atoms. The molecule has 0 radical (unpaired) electrons. The summed E-state index contributed by atoms with van der Waals surface area (Å²) in [5, 5.41) is 12.5. The van der Waals surface area contributed by atoms with Crippen LogP contribution >= 0.6 is 0 Å². The van der Waals surface area contributed by atoms with Crippen molar-refractivity contribution in [2.45, 2.75) is 0 Å². The van der Waals surface area contributed by atoms with E-state index in [-0.39, 0.29) is 5.82 Å². The Bertz CT molecular complexity index is 492. The van der Waals surface area contributed by atoms with Gasteiger partial charge in [-0.05, 0) is 12.1 Å². The zero-order chi connectivity index (χ0) is 10.8. The van der Waals surface area contributed by atoms with Crippen LogP contribution in [0.5, 0.6) is 0 Å². The number of hydrogen-bond acceptors (Lipinski definition) is 4. The highest BCUT2D eigenvalue weighted by Crippen LogP contribution is 2.12. The highest BCUT2D eigenvalue weighted by molar-refractivity contribution is 5.83. The number of hydrogen-bond donors (Lipinski definition) is 1. The zero-order valence-corrected chi connectivity index (χ0v) is 7.95. The fraction of sp³-hybridized carbons (Fsp3) is 0.111. The van der Waals surface area contributed by atoms with E-state index in [2.05, 4.69) is 15.1 Å². The Hall–Kier alpha value is -2.24. The lowest BCUT2D eigenvalue weighted by atomic mass is 10.3. The Morgan fingerprint density at radius 1 is 1.47 bits per heavy atom. The fourth-order valence-corrected chi connectivity index (χ4v) is 1.19. The Morgan fingerprint density at radius 3 is 2.80 bits per heavy atom. The molecular weight excluding hydrogens is 196 g/mol. The number of carboxylic acid groups (broad SMARTS) is 1. The normalized spacial score (nSPS) is 10.2. The number of nitrogens with zero attached hydrogens (tertiary/aromatic N) is 4. The molecule has 76 valence electrons. The largest absolute Gasteiger partial charge is 0.475 e. The summed E-state index contributed by atoms with van der Waals surface area (Å²) in [7, 11) is 1.63. The van der Waals surface area contributed by atoms with Crippen molar-refractivity contribution < 1.29 is 9.90 Å². The predicted molar refractivity (Wildman–Crippen MR) is 51.2 cm³/mol. The molecule has 0 aromatic carbocycles. The maximum atomic E-state index is 10.6. The summed E-state index contributed by atoms with van der Waals surface area (Å²) in [5.74, 6) is -0.932. The van der Waals surface area contributed by atoms with Gasteiger partial charge >= 0.3 is 5.97 Å². The average Bonchev–Trinajstić information content (AvgIpc) is 2.62. The van der Waals surface area contributed by atoms with Crippen molar-refractivity contribution in [3.05, 3.63) is 30.2 Å². The van der Waals surface area contributed by atoms with Crippen LogP contribution in [-0.4, -0.2) is 30.8 Å². The number of rotatable bonds is 2. The predicted octanol–water partition coefficient (Wildman–Crippen LogP) is 0.575. The van der Waals surface area contributed by atoms with Gasteiger partial charge in [-0.3, -0.25) is 4.98 Å². The van der Waals surface area contributed by atoms with Crippen LogP contribution in [0, 0.1) is 0 Å². The molecule has 0 aliphatic heterocycles. The molecule has 0 saturated carbocycles. The molecule has 0 saturated heterocycles. The van der Waals surface area contributed by atoms with Crippen molar-refractivity contribution in [2.75, 3.05) is 0 Å². The molecule has 2 aromatic rings. The third-order valence-electron chi connectivity index (χ3n) is 1.85. The summed E-state index contributed by atoms with van der Waals surface area (Å²) < 4.78 is 1.39. The van der Waals surface area contributed by atoms with Crippen LogP contribution in [0.15, 0.2) is 24.4 Å². The van der Waals surface area contributed by atoms with Gasteiger partial charge in [0.15, 0.2) is 5.82 Å². The number of aromatic carboxylic acids is 1. The van der Waals surface area contributed by atoms with Gasteiger partial charge in [-0.15, -0.1) is 5.10 Å². The number of carboxylic acids is 1. The maximum absolute atomic E-state index is 10.6. The number of carbonyl (C=O) groups is 1. The maximum Gasteiger partial charge on any atom is 0.375 e. The van der Waals surface area contributed by atoms with Crippen molar-refractivity contribution >= 4 is 5.97 Å². The highest BCUT2D eigenvalue weighted by atomic mass is 16.4.